The van der Waals surface area contributed by atoms with E-state index in [2.05, 4.69) is 16.9 Å². The fourth-order valence-corrected chi connectivity index (χ4v) is 2.27. The molecule has 2 aromatic rings. The van der Waals surface area contributed by atoms with Crippen LogP contribution >= 0.6 is 12.2 Å². The maximum atomic E-state index is 9.76. The second kappa shape index (κ2) is 6.56. The smallest absolute Gasteiger partial charge is 0.127 e. The monoisotopic (exact) mass is 302 g/mol. The van der Waals surface area contributed by atoms with Crippen LogP contribution in [0.15, 0.2) is 36.4 Å². The summed E-state index contributed by atoms with van der Waals surface area (Å²) in [6.45, 7) is 4.47. The first kappa shape index (κ1) is 15.3. The van der Waals surface area contributed by atoms with Crippen LogP contribution < -0.4 is 10.9 Å². The van der Waals surface area contributed by atoms with Crippen molar-refractivity contribution in [2.75, 3.05) is 12.0 Å². The maximum absolute atomic E-state index is 9.76. The minimum Gasteiger partial charge on any atom is -0.508 e. The lowest BCUT2D eigenvalue weighted by molar-refractivity contribution is 0.450. The third kappa shape index (κ3) is 3.93. The van der Waals surface area contributed by atoms with Crippen molar-refractivity contribution in [2.24, 2.45) is 0 Å². The molecule has 0 saturated carbocycles. The molecule has 0 spiro atoms. The third-order valence-electron chi connectivity index (χ3n) is 3.14. The second-order valence-electron chi connectivity index (χ2n) is 4.92. The molecule has 0 aliphatic rings. The largest absolute Gasteiger partial charge is 0.508 e. The van der Waals surface area contributed by atoms with Crippen molar-refractivity contribution < 1.29 is 10.2 Å². The number of hydrogen-bond acceptors (Lipinski definition) is 5. The number of thiocarbonyl (C=S) groups is 1. The third-order valence-corrected chi connectivity index (χ3v) is 3.50. The quantitative estimate of drug-likeness (QED) is 0.388. The molecule has 4 nitrogen and oxygen atoms in total. The van der Waals surface area contributed by atoms with E-state index < -0.39 is 0 Å². The summed E-state index contributed by atoms with van der Waals surface area (Å²) >= 11 is 5.28. The molecule has 0 bridgehead atoms. The average molecular weight is 302 g/mol. The first-order valence-electron chi connectivity index (χ1n) is 6.58. The van der Waals surface area contributed by atoms with Crippen molar-refractivity contribution in [1.29, 1.82) is 0 Å². The Bertz CT molecular complexity index is 671. The van der Waals surface area contributed by atoms with Gasteiger partial charge in [-0.15, -0.1) is 0 Å². The highest BCUT2D eigenvalue weighted by atomic mass is 32.1. The molecule has 0 amide bonds. The van der Waals surface area contributed by atoms with E-state index in [1.807, 2.05) is 26.0 Å². The van der Waals surface area contributed by atoms with Crippen molar-refractivity contribution >= 4 is 22.8 Å². The van der Waals surface area contributed by atoms with Crippen LogP contribution in [-0.4, -0.2) is 21.6 Å². The lowest BCUT2D eigenvalue weighted by Crippen LogP contribution is -2.28. The number of phenolic OH excluding ortho intramolecular Hbond substituents is 2. The standard InChI is InChI=1S/C16H18N2O2S/c1-10-3-6-14(11(2)7-10)18-17-9-16(21)13-5-4-12(19)8-15(13)20/h3-8,17-20H,9H2,1-2H3. The van der Waals surface area contributed by atoms with Gasteiger partial charge in [0.1, 0.15) is 11.5 Å². The van der Waals surface area contributed by atoms with Gasteiger partial charge in [0.25, 0.3) is 0 Å². The van der Waals surface area contributed by atoms with E-state index in [1.54, 1.807) is 6.07 Å². The van der Waals surface area contributed by atoms with Crippen molar-refractivity contribution in [3.05, 3.63) is 53.1 Å². The summed E-state index contributed by atoms with van der Waals surface area (Å²) in [5.41, 5.74) is 10.0. The van der Waals surface area contributed by atoms with Gasteiger partial charge < -0.3 is 15.6 Å². The number of hydrazine groups is 1. The first-order valence-corrected chi connectivity index (χ1v) is 6.99. The number of phenols is 2. The Hall–Kier alpha value is -2.11. The molecule has 0 fully saturated rings. The van der Waals surface area contributed by atoms with Gasteiger partial charge in [0, 0.05) is 16.5 Å². The topological polar surface area (TPSA) is 64.5 Å². The Morgan fingerprint density at radius 2 is 1.86 bits per heavy atom. The zero-order chi connectivity index (χ0) is 15.4. The summed E-state index contributed by atoms with van der Waals surface area (Å²) in [4.78, 5) is 0.560. The lowest BCUT2D eigenvalue weighted by atomic mass is 10.1. The molecular formula is C16H18N2O2S. The van der Waals surface area contributed by atoms with Crippen LogP contribution in [-0.2, 0) is 0 Å². The second-order valence-corrected chi connectivity index (χ2v) is 5.41. The summed E-state index contributed by atoms with van der Waals surface area (Å²) in [5.74, 6) is -0.00580. The van der Waals surface area contributed by atoms with Crippen LogP contribution in [0.4, 0.5) is 5.69 Å². The summed E-state index contributed by atoms with van der Waals surface area (Å²) in [5, 5.41) is 19.0. The van der Waals surface area contributed by atoms with Gasteiger partial charge in [-0.05, 0) is 37.6 Å². The zero-order valence-electron chi connectivity index (χ0n) is 12.0. The minimum absolute atomic E-state index is 0.0143. The van der Waals surface area contributed by atoms with Gasteiger partial charge >= 0.3 is 0 Å². The number of aryl methyl sites for hydroxylation is 2. The fourth-order valence-electron chi connectivity index (χ4n) is 2.02. The first-order chi connectivity index (χ1) is 9.97. The van der Waals surface area contributed by atoms with Gasteiger partial charge in [-0.25, -0.2) is 5.43 Å². The number of aromatic hydroxyl groups is 2. The summed E-state index contributed by atoms with van der Waals surface area (Å²) in [6, 6.07) is 10.5. The number of benzene rings is 2. The Morgan fingerprint density at radius 3 is 2.52 bits per heavy atom. The molecule has 0 aliphatic heterocycles. The van der Waals surface area contributed by atoms with Gasteiger partial charge in [-0.1, -0.05) is 29.9 Å². The van der Waals surface area contributed by atoms with Crippen LogP contribution in [0, 0.1) is 13.8 Å². The van der Waals surface area contributed by atoms with Crippen molar-refractivity contribution in [1.82, 2.24) is 5.43 Å². The maximum Gasteiger partial charge on any atom is 0.127 e. The van der Waals surface area contributed by atoms with Crippen LogP contribution in [0.2, 0.25) is 0 Å². The molecule has 0 aliphatic carbocycles. The van der Waals surface area contributed by atoms with Crippen LogP contribution in [0.5, 0.6) is 11.5 Å². The van der Waals surface area contributed by atoms with E-state index in [1.165, 1.54) is 17.7 Å². The Morgan fingerprint density at radius 1 is 1.10 bits per heavy atom. The van der Waals surface area contributed by atoms with Crippen LogP contribution in [0.1, 0.15) is 16.7 Å². The normalized spacial score (nSPS) is 10.4. The Balaban J connectivity index is 1.95. The minimum atomic E-state index is -0.0201. The molecule has 110 valence electrons. The predicted molar refractivity (Wildman–Crippen MR) is 89.0 cm³/mol. The molecule has 0 unspecified atom stereocenters. The number of nitrogens with one attached hydrogen (secondary N) is 2. The van der Waals surface area contributed by atoms with Crippen LogP contribution in [0.25, 0.3) is 0 Å². The van der Waals surface area contributed by atoms with Gasteiger partial charge in [0.15, 0.2) is 0 Å². The highest BCUT2D eigenvalue weighted by Crippen LogP contribution is 2.23. The molecule has 4 N–H and O–H groups in total. The van der Waals surface area contributed by atoms with E-state index in [0.29, 0.717) is 17.0 Å². The zero-order valence-corrected chi connectivity index (χ0v) is 12.8. The molecule has 2 rings (SSSR count). The molecule has 0 atom stereocenters. The number of anilines is 1. The summed E-state index contributed by atoms with van der Waals surface area (Å²) in [7, 11) is 0. The fraction of sp³-hybridized carbons (Fsp3) is 0.188. The average Bonchev–Trinajstić information content (AvgIpc) is 2.41. The molecule has 0 heterocycles. The highest BCUT2D eigenvalue weighted by molar-refractivity contribution is 7.81. The highest BCUT2D eigenvalue weighted by Gasteiger charge is 2.08. The van der Waals surface area contributed by atoms with Crippen molar-refractivity contribution in [3.63, 3.8) is 0 Å². The summed E-state index contributed by atoms with van der Waals surface area (Å²) < 4.78 is 0. The van der Waals surface area contributed by atoms with E-state index >= 15 is 0 Å². The molecule has 0 radical (unpaired) electrons. The van der Waals surface area contributed by atoms with E-state index in [4.69, 9.17) is 12.2 Å². The Kier molecular flexibility index (Phi) is 4.77. The van der Waals surface area contributed by atoms with Crippen LogP contribution in [0.3, 0.4) is 0 Å². The van der Waals surface area contributed by atoms with Gasteiger partial charge in [-0.2, -0.15) is 0 Å². The molecule has 2 aromatic carbocycles. The molecule has 0 saturated heterocycles. The predicted octanol–water partition coefficient (Wildman–Crippen LogP) is 3.05. The lowest BCUT2D eigenvalue weighted by Gasteiger charge is -2.13. The molecule has 5 heteroatoms. The van der Waals surface area contributed by atoms with Crippen molar-refractivity contribution in [3.8, 4) is 11.5 Å². The Labute approximate surface area is 129 Å². The number of rotatable bonds is 5. The summed E-state index contributed by atoms with van der Waals surface area (Å²) in [6.07, 6.45) is 0. The van der Waals surface area contributed by atoms with Crippen molar-refractivity contribution in [2.45, 2.75) is 13.8 Å². The molecular weight excluding hydrogens is 284 g/mol. The molecule has 0 aromatic heterocycles. The molecule has 21 heavy (non-hydrogen) atoms. The van der Waals surface area contributed by atoms with E-state index in [0.717, 1.165) is 11.3 Å². The van der Waals surface area contributed by atoms with E-state index in [-0.39, 0.29) is 11.5 Å². The number of hydrogen-bond donors (Lipinski definition) is 4. The van der Waals surface area contributed by atoms with Gasteiger partial charge in [0.05, 0.1) is 12.2 Å². The van der Waals surface area contributed by atoms with E-state index in [9.17, 15) is 10.2 Å². The van der Waals surface area contributed by atoms with Gasteiger partial charge in [0.2, 0.25) is 0 Å². The van der Waals surface area contributed by atoms with Gasteiger partial charge in [-0.3, -0.25) is 0 Å². The SMILES string of the molecule is Cc1ccc(NNCC(=S)c2ccc(O)cc2O)c(C)c1.